The lowest BCUT2D eigenvalue weighted by molar-refractivity contribution is -0.137. The monoisotopic (exact) mass is 233 g/mol. The second-order valence-electron chi connectivity index (χ2n) is 2.96. The zero-order chi connectivity index (χ0) is 12.3. The minimum Gasteiger partial charge on any atom is -0.399 e. The van der Waals surface area contributed by atoms with Gasteiger partial charge in [-0.25, -0.2) is 5.84 Å². The van der Waals surface area contributed by atoms with E-state index in [-0.39, 0.29) is 17.1 Å². The Morgan fingerprint density at radius 1 is 1.25 bits per heavy atom. The molecule has 0 radical (unpaired) electrons. The van der Waals surface area contributed by atoms with Gasteiger partial charge in [0.1, 0.15) is 0 Å². The van der Waals surface area contributed by atoms with Crippen molar-refractivity contribution in [2.24, 2.45) is 16.8 Å². The summed E-state index contributed by atoms with van der Waals surface area (Å²) in [5.41, 5.74) is 6.54. The van der Waals surface area contributed by atoms with Crippen LogP contribution in [0.15, 0.2) is 23.3 Å². The highest BCUT2D eigenvalue weighted by atomic mass is 19.4. The van der Waals surface area contributed by atoms with Crippen molar-refractivity contribution in [2.75, 3.05) is 5.73 Å². The number of hydrogen-bond donors (Lipinski definition) is 4. The van der Waals surface area contributed by atoms with Crippen LogP contribution in [-0.2, 0) is 6.18 Å². The van der Waals surface area contributed by atoms with Crippen molar-refractivity contribution >= 4 is 11.5 Å². The Labute approximate surface area is 89.1 Å². The Morgan fingerprint density at radius 3 is 2.31 bits per heavy atom. The topological polar surface area (TPSA) is 102 Å². The number of rotatable bonds is 1. The first kappa shape index (κ1) is 12.1. The minimum atomic E-state index is -4.49. The number of amidine groups is 1. The Kier molecular flexibility index (Phi) is 3.23. The quantitative estimate of drug-likeness (QED) is 0.185. The van der Waals surface area contributed by atoms with E-state index in [1.807, 2.05) is 0 Å². The predicted octanol–water partition coefficient (Wildman–Crippen LogP) is 0.371. The molecule has 1 aromatic carbocycles. The van der Waals surface area contributed by atoms with Gasteiger partial charge in [0, 0.05) is 11.3 Å². The highest BCUT2D eigenvalue weighted by Gasteiger charge is 2.31. The molecule has 1 aromatic rings. The number of anilines is 1. The fourth-order valence-electron chi connectivity index (χ4n) is 1.15. The van der Waals surface area contributed by atoms with Gasteiger partial charge in [-0.05, 0) is 18.2 Å². The summed E-state index contributed by atoms with van der Waals surface area (Å²) in [6, 6.07) is 2.94. The lowest BCUT2D eigenvalue weighted by Gasteiger charge is -2.11. The van der Waals surface area contributed by atoms with Crippen molar-refractivity contribution in [3.8, 4) is 0 Å². The maximum atomic E-state index is 12.4. The number of halogens is 3. The largest absolute Gasteiger partial charge is 0.416 e. The van der Waals surface area contributed by atoms with Gasteiger partial charge in [-0.15, -0.1) is 0 Å². The van der Waals surface area contributed by atoms with E-state index in [1.54, 1.807) is 0 Å². The van der Waals surface area contributed by atoms with E-state index in [9.17, 15) is 13.2 Å². The third-order valence-electron chi connectivity index (χ3n) is 1.82. The molecule has 0 aliphatic carbocycles. The summed E-state index contributed by atoms with van der Waals surface area (Å²) >= 11 is 0. The van der Waals surface area contributed by atoms with Crippen LogP contribution in [0.5, 0.6) is 0 Å². The molecule has 0 amide bonds. The summed E-state index contributed by atoms with van der Waals surface area (Å²) in [6.45, 7) is 0. The molecule has 0 aromatic heterocycles. The van der Waals surface area contributed by atoms with Crippen LogP contribution in [0.1, 0.15) is 11.1 Å². The summed E-state index contributed by atoms with van der Waals surface area (Å²) in [5, 5.41) is 3.20. The van der Waals surface area contributed by atoms with Crippen molar-refractivity contribution in [3.63, 3.8) is 0 Å². The Bertz CT molecular complexity index is 413. The zero-order valence-corrected chi connectivity index (χ0v) is 8.05. The van der Waals surface area contributed by atoms with Crippen LogP contribution in [0, 0.1) is 0 Å². The van der Waals surface area contributed by atoms with Crippen LogP contribution < -0.4 is 22.8 Å². The van der Waals surface area contributed by atoms with Crippen LogP contribution >= 0.6 is 0 Å². The number of benzene rings is 1. The number of hydrogen-bond acceptors (Lipinski definition) is 4. The van der Waals surface area contributed by atoms with Gasteiger partial charge in [-0.3, -0.25) is 0 Å². The van der Waals surface area contributed by atoms with E-state index >= 15 is 0 Å². The Morgan fingerprint density at radius 2 is 1.88 bits per heavy atom. The molecular formula is C8H10F3N5. The Balaban J connectivity index is 3.28. The molecule has 7 N–H and O–H groups in total. The maximum Gasteiger partial charge on any atom is 0.416 e. The molecule has 0 atom stereocenters. The van der Waals surface area contributed by atoms with Gasteiger partial charge >= 0.3 is 6.18 Å². The van der Waals surface area contributed by atoms with Crippen LogP contribution in [0.4, 0.5) is 18.9 Å². The Hall–Kier alpha value is -1.96. The fourth-order valence-corrected chi connectivity index (χ4v) is 1.15. The second kappa shape index (κ2) is 4.27. The van der Waals surface area contributed by atoms with E-state index in [1.165, 1.54) is 6.07 Å². The lowest BCUT2D eigenvalue weighted by Crippen LogP contribution is -2.32. The molecule has 1 rings (SSSR count). The highest BCUT2D eigenvalue weighted by Crippen LogP contribution is 2.31. The number of nitrogen functional groups attached to an aromatic ring is 1. The molecule has 0 unspecified atom stereocenters. The molecule has 0 saturated carbocycles. The molecule has 8 heteroatoms. The average molecular weight is 233 g/mol. The van der Waals surface area contributed by atoms with Crippen molar-refractivity contribution in [1.29, 1.82) is 0 Å². The van der Waals surface area contributed by atoms with Crippen LogP contribution in [0.25, 0.3) is 0 Å². The minimum absolute atomic E-state index is 0.0544. The number of alkyl halides is 3. The number of nitrogens with one attached hydrogen (secondary N) is 1. The highest BCUT2D eigenvalue weighted by molar-refractivity contribution is 5.99. The normalized spacial score (nSPS) is 12.6. The average Bonchev–Trinajstić information content (AvgIpc) is 2.17. The summed E-state index contributed by atoms with van der Waals surface area (Å²) in [7, 11) is 0. The lowest BCUT2D eigenvalue weighted by atomic mass is 10.1. The van der Waals surface area contributed by atoms with Gasteiger partial charge in [0.05, 0.1) is 5.56 Å². The third kappa shape index (κ3) is 2.54. The van der Waals surface area contributed by atoms with Gasteiger partial charge in [0.15, 0.2) is 5.84 Å². The van der Waals surface area contributed by atoms with Crippen LogP contribution in [0.3, 0.4) is 0 Å². The zero-order valence-electron chi connectivity index (χ0n) is 8.05. The predicted molar refractivity (Wildman–Crippen MR) is 53.9 cm³/mol. The van der Waals surface area contributed by atoms with E-state index in [0.717, 1.165) is 12.1 Å². The summed E-state index contributed by atoms with van der Waals surface area (Å²) in [4.78, 5) is 0. The van der Waals surface area contributed by atoms with Gasteiger partial charge in [-0.1, -0.05) is 0 Å². The number of hydrazone groups is 1. The molecule has 0 heterocycles. The molecule has 0 fully saturated rings. The molecule has 5 nitrogen and oxygen atoms in total. The van der Waals surface area contributed by atoms with E-state index in [2.05, 4.69) is 10.5 Å². The van der Waals surface area contributed by atoms with E-state index < -0.39 is 11.7 Å². The number of hydrazine groups is 1. The second-order valence-corrected chi connectivity index (χ2v) is 2.96. The molecule has 0 aliphatic rings. The van der Waals surface area contributed by atoms with Crippen molar-refractivity contribution in [3.05, 3.63) is 29.3 Å². The van der Waals surface area contributed by atoms with Crippen molar-refractivity contribution < 1.29 is 13.2 Å². The SMILES string of the molecule is N/N=C(\NN)c1cc(N)cc(C(F)(F)F)c1. The smallest absolute Gasteiger partial charge is 0.399 e. The maximum absolute atomic E-state index is 12.4. The van der Waals surface area contributed by atoms with Crippen LogP contribution in [0.2, 0.25) is 0 Å². The summed E-state index contributed by atoms with van der Waals surface area (Å²) in [5.74, 6) is 9.90. The summed E-state index contributed by atoms with van der Waals surface area (Å²) < 4.78 is 37.3. The third-order valence-corrected chi connectivity index (χ3v) is 1.82. The fraction of sp³-hybridized carbons (Fsp3) is 0.125. The molecule has 0 spiro atoms. The summed E-state index contributed by atoms with van der Waals surface area (Å²) in [6.07, 6.45) is -4.49. The molecule has 16 heavy (non-hydrogen) atoms. The van der Waals surface area contributed by atoms with Crippen molar-refractivity contribution in [1.82, 2.24) is 5.43 Å². The van der Waals surface area contributed by atoms with E-state index in [0.29, 0.717) is 0 Å². The first-order valence-corrected chi connectivity index (χ1v) is 4.11. The first-order valence-electron chi connectivity index (χ1n) is 4.11. The molecule has 0 aliphatic heterocycles. The van der Waals surface area contributed by atoms with Gasteiger partial charge in [0.2, 0.25) is 0 Å². The molecule has 88 valence electrons. The standard InChI is InChI=1S/C8H10F3N5/c9-8(10,11)5-1-4(2-6(12)3-5)7(15-13)16-14/h1-3H,12-14H2,(H,15,16). The molecule has 0 saturated heterocycles. The van der Waals surface area contributed by atoms with Gasteiger partial charge < -0.3 is 17.0 Å². The van der Waals surface area contributed by atoms with Gasteiger partial charge in [0.25, 0.3) is 0 Å². The van der Waals surface area contributed by atoms with Crippen molar-refractivity contribution in [2.45, 2.75) is 6.18 Å². The molecule has 0 bridgehead atoms. The van der Waals surface area contributed by atoms with Gasteiger partial charge in [-0.2, -0.15) is 18.3 Å². The first-order chi connectivity index (χ1) is 7.38. The van der Waals surface area contributed by atoms with Crippen LogP contribution in [-0.4, -0.2) is 5.84 Å². The number of nitrogens with two attached hydrogens (primary N) is 3. The number of nitrogens with zero attached hydrogens (tertiary/aromatic N) is 1. The van der Waals surface area contributed by atoms with E-state index in [4.69, 9.17) is 17.4 Å². The molecular weight excluding hydrogens is 223 g/mol.